The van der Waals surface area contributed by atoms with Crippen LogP contribution in [0.25, 0.3) is 0 Å². The van der Waals surface area contributed by atoms with Crippen molar-refractivity contribution < 1.29 is 19.0 Å². The number of rotatable bonds is 3. The maximum Gasteiger partial charge on any atom is 0.250 e. The van der Waals surface area contributed by atoms with E-state index in [9.17, 15) is 4.79 Å². The molecule has 1 heterocycles. The Morgan fingerprint density at radius 3 is 2.78 bits per heavy atom. The van der Waals surface area contributed by atoms with Gasteiger partial charge in [-0.2, -0.15) is 0 Å². The maximum absolute atomic E-state index is 11.7. The first kappa shape index (κ1) is 12.7. The van der Waals surface area contributed by atoms with Gasteiger partial charge in [-0.15, -0.1) is 0 Å². The minimum Gasteiger partial charge on any atom is -0.454 e. The lowest BCUT2D eigenvalue weighted by Gasteiger charge is -2.19. The van der Waals surface area contributed by atoms with Gasteiger partial charge in [0.15, 0.2) is 11.5 Å². The highest BCUT2D eigenvalue weighted by atomic mass is 16.7. The van der Waals surface area contributed by atoms with Gasteiger partial charge >= 0.3 is 0 Å². The summed E-state index contributed by atoms with van der Waals surface area (Å²) in [5.41, 5.74) is 0.341. The van der Waals surface area contributed by atoms with Crippen molar-refractivity contribution in [2.45, 2.75) is 26.4 Å². The van der Waals surface area contributed by atoms with Gasteiger partial charge in [-0.05, 0) is 32.9 Å². The molecule has 2 rings (SSSR count). The molecule has 0 bridgehead atoms. The first-order valence-electron chi connectivity index (χ1n) is 5.77. The molecule has 0 radical (unpaired) electrons. The summed E-state index contributed by atoms with van der Waals surface area (Å²) in [6.07, 6.45) is 0. The van der Waals surface area contributed by atoms with Crippen LogP contribution in [0.5, 0.6) is 11.5 Å². The Morgan fingerprint density at radius 2 is 2.06 bits per heavy atom. The van der Waals surface area contributed by atoms with Gasteiger partial charge in [0.2, 0.25) is 12.7 Å². The molecule has 1 amide bonds. The number of hydrogen-bond donors (Lipinski definition) is 1. The number of benzene rings is 1. The molecular weight excluding hydrogens is 234 g/mol. The molecule has 0 aromatic heterocycles. The highest BCUT2D eigenvalue weighted by Gasteiger charge is 2.15. The van der Waals surface area contributed by atoms with Crippen LogP contribution in [0, 0.1) is 0 Å². The molecule has 0 atom stereocenters. The van der Waals surface area contributed by atoms with Crippen LogP contribution in [-0.2, 0) is 9.53 Å². The van der Waals surface area contributed by atoms with Crippen LogP contribution in [0.1, 0.15) is 20.8 Å². The molecule has 98 valence electrons. The molecule has 0 unspecified atom stereocenters. The van der Waals surface area contributed by atoms with Gasteiger partial charge in [-0.1, -0.05) is 0 Å². The number of nitrogens with one attached hydrogen (secondary N) is 1. The van der Waals surface area contributed by atoms with Gasteiger partial charge < -0.3 is 19.5 Å². The molecule has 1 aliphatic heterocycles. The minimum absolute atomic E-state index is 0.0257. The number of anilines is 1. The summed E-state index contributed by atoms with van der Waals surface area (Å²) in [7, 11) is 0. The number of carbonyl (C=O) groups excluding carboxylic acids is 1. The Bertz CT molecular complexity index is 451. The van der Waals surface area contributed by atoms with Crippen molar-refractivity contribution in [2.24, 2.45) is 0 Å². The van der Waals surface area contributed by atoms with E-state index in [1.54, 1.807) is 18.2 Å². The van der Waals surface area contributed by atoms with E-state index < -0.39 is 0 Å². The van der Waals surface area contributed by atoms with Crippen molar-refractivity contribution in [3.05, 3.63) is 18.2 Å². The minimum atomic E-state index is -0.327. The van der Waals surface area contributed by atoms with Crippen molar-refractivity contribution in [1.82, 2.24) is 0 Å². The van der Waals surface area contributed by atoms with E-state index in [2.05, 4.69) is 5.32 Å². The van der Waals surface area contributed by atoms with Crippen LogP contribution in [-0.4, -0.2) is 24.9 Å². The van der Waals surface area contributed by atoms with Crippen LogP contribution < -0.4 is 14.8 Å². The number of amides is 1. The van der Waals surface area contributed by atoms with E-state index in [4.69, 9.17) is 14.2 Å². The molecule has 0 spiro atoms. The lowest BCUT2D eigenvalue weighted by atomic mass is 10.2. The average Bonchev–Trinajstić information content (AvgIpc) is 2.72. The summed E-state index contributed by atoms with van der Waals surface area (Å²) in [5.74, 6) is 1.15. The van der Waals surface area contributed by atoms with Gasteiger partial charge in [0.25, 0.3) is 0 Å². The van der Waals surface area contributed by atoms with Crippen molar-refractivity contribution in [1.29, 1.82) is 0 Å². The molecule has 0 saturated heterocycles. The average molecular weight is 251 g/mol. The largest absolute Gasteiger partial charge is 0.454 e. The summed E-state index contributed by atoms with van der Waals surface area (Å²) in [4.78, 5) is 11.7. The van der Waals surface area contributed by atoms with Crippen molar-refractivity contribution >= 4 is 11.6 Å². The van der Waals surface area contributed by atoms with Gasteiger partial charge in [-0.3, -0.25) is 4.79 Å². The zero-order valence-electron chi connectivity index (χ0n) is 10.8. The third kappa shape index (κ3) is 3.37. The van der Waals surface area contributed by atoms with E-state index in [0.29, 0.717) is 17.2 Å². The fourth-order valence-corrected chi connectivity index (χ4v) is 1.45. The second-order valence-corrected chi connectivity index (χ2v) is 5.02. The molecule has 1 aromatic carbocycles. The lowest BCUT2D eigenvalue weighted by Crippen LogP contribution is -2.27. The van der Waals surface area contributed by atoms with Crippen LogP contribution in [0.4, 0.5) is 5.69 Å². The first-order chi connectivity index (χ1) is 8.44. The number of ether oxygens (including phenoxy) is 3. The Hall–Kier alpha value is -1.75. The van der Waals surface area contributed by atoms with Crippen molar-refractivity contribution in [3.8, 4) is 11.5 Å². The molecule has 1 aromatic rings. The first-order valence-corrected chi connectivity index (χ1v) is 5.77. The third-order valence-electron chi connectivity index (χ3n) is 2.29. The number of carbonyl (C=O) groups is 1. The van der Waals surface area contributed by atoms with Crippen LogP contribution in [0.2, 0.25) is 0 Å². The van der Waals surface area contributed by atoms with E-state index in [1.807, 2.05) is 20.8 Å². The smallest absolute Gasteiger partial charge is 0.250 e. The zero-order valence-corrected chi connectivity index (χ0v) is 10.8. The summed E-state index contributed by atoms with van der Waals surface area (Å²) in [5, 5.41) is 2.74. The van der Waals surface area contributed by atoms with Gasteiger partial charge in [-0.25, -0.2) is 0 Å². The predicted octanol–water partition coefficient (Wildman–Crippen LogP) is 2.17. The summed E-state index contributed by atoms with van der Waals surface area (Å²) in [6, 6.07) is 5.27. The highest BCUT2D eigenvalue weighted by molar-refractivity contribution is 5.92. The molecule has 0 saturated carbocycles. The molecule has 5 heteroatoms. The Labute approximate surface area is 106 Å². The monoisotopic (exact) mass is 251 g/mol. The highest BCUT2D eigenvalue weighted by Crippen LogP contribution is 2.34. The normalized spacial score (nSPS) is 13.5. The van der Waals surface area contributed by atoms with Crippen LogP contribution in [0.15, 0.2) is 18.2 Å². The van der Waals surface area contributed by atoms with Crippen molar-refractivity contribution in [3.63, 3.8) is 0 Å². The fourth-order valence-electron chi connectivity index (χ4n) is 1.45. The van der Waals surface area contributed by atoms with Gasteiger partial charge in [0.05, 0.1) is 5.60 Å². The standard InChI is InChI=1S/C13H17NO4/c1-13(2,3)18-7-12(15)14-9-4-5-10-11(6-9)17-8-16-10/h4-6H,7-8H2,1-3H3,(H,14,15). The van der Waals surface area contributed by atoms with E-state index in [1.165, 1.54) is 0 Å². The van der Waals surface area contributed by atoms with Crippen molar-refractivity contribution in [2.75, 3.05) is 18.7 Å². The Balaban J connectivity index is 1.91. The Morgan fingerprint density at radius 1 is 1.33 bits per heavy atom. The van der Waals surface area contributed by atoms with Crippen LogP contribution in [0.3, 0.4) is 0 Å². The zero-order chi connectivity index (χ0) is 13.2. The second-order valence-electron chi connectivity index (χ2n) is 5.02. The maximum atomic E-state index is 11.7. The molecule has 5 nitrogen and oxygen atoms in total. The summed E-state index contributed by atoms with van der Waals surface area (Å²) < 4.78 is 15.8. The lowest BCUT2D eigenvalue weighted by molar-refractivity contribution is -0.125. The third-order valence-corrected chi connectivity index (χ3v) is 2.29. The predicted molar refractivity (Wildman–Crippen MR) is 66.9 cm³/mol. The van der Waals surface area contributed by atoms with Gasteiger partial charge in [0, 0.05) is 11.8 Å². The molecule has 0 aliphatic carbocycles. The van der Waals surface area contributed by atoms with E-state index in [0.717, 1.165) is 0 Å². The quantitative estimate of drug-likeness (QED) is 0.894. The number of hydrogen-bond acceptors (Lipinski definition) is 4. The number of fused-ring (bicyclic) bond motifs is 1. The fraction of sp³-hybridized carbons (Fsp3) is 0.462. The Kier molecular flexibility index (Phi) is 3.43. The molecule has 1 N–H and O–H groups in total. The SMILES string of the molecule is CC(C)(C)OCC(=O)Nc1ccc2c(c1)OCO2. The molecular formula is C13H17NO4. The topological polar surface area (TPSA) is 56.8 Å². The second kappa shape index (κ2) is 4.86. The van der Waals surface area contributed by atoms with E-state index in [-0.39, 0.29) is 24.9 Å². The summed E-state index contributed by atoms with van der Waals surface area (Å²) in [6.45, 7) is 5.96. The molecule has 18 heavy (non-hydrogen) atoms. The summed E-state index contributed by atoms with van der Waals surface area (Å²) >= 11 is 0. The molecule has 1 aliphatic rings. The van der Waals surface area contributed by atoms with E-state index >= 15 is 0 Å². The van der Waals surface area contributed by atoms with Crippen LogP contribution >= 0.6 is 0 Å². The molecule has 0 fully saturated rings. The van der Waals surface area contributed by atoms with Gasteiger partial charge in [0.1, 0.15) is 6.61 Å².